The molecule has 0 saturated carbocycles. The fourth-order valence-corrected chi connectivity index (χ4v) is 3.47. The molecule has 1 fully saturated rings. The second kappa shape index (κ2) is 7.19. The summed E-state index contributed by atoms with van der Waals surface area (Å²) in [5.41, 5.74) is 0.997. The number of aromatic nitrogens is 2. The number of ether oxygens (including phenoxy) is 2. The molecular weight excluding hydrogens is 332 g/mol. The van der Waals surface area contributed by atoms with Gasteiger partial charge in [-0.05, 0) is 43.9 Å². The normalized spacial score (nSPS) is 18.7. The summed E-state index contributed by atoms with van der Waals surface area (Å²) in [6.45, 7) is 3.32. The van der Waals surface area contributed by atoms with E-state index in [0.29, 0.717) is 34.9 Å². The zero-order valence-electron chi connectivity index (χ0n) is 14.8. The smallest absolute Gasteiger partial charge is 0.274 e. The monoisotopic (exact) mass is 354 g/mol. The lowest BCUT2D eigenvalue weighted by molar-refractivity contribution is 0.102. The van der Waals surface area contributed by atoms with E-state index in [0.717, 1.165) is 25.8 Å². The van der Waals surface area contributed by atoms with E-state index < -0.39 is 0 Å². The SMILES string of the molecule is CCC1CCCCN1c1nccc(C(=O)Nc2ccc3c(c2)OCO3)n1. The van der Waals surface area contributed by atoms with Gasteiger partial charge < -0.3 is 19.7 Å². The van der Waals surface area contributed by atoms with Crippen LogP contribution in [0, 0.1) is 0 Å². The number of nitrogens with zero attached hydrogens (tertiary/aromatic N) is 3. The minimum atomic E-state index is -0.266. The van der Waals surface area contributed by atoms with E-state index in [4.69, 9.17) is 9.47 Å². The Morgan fingerprint density at radius 2 is 2.15 bits per heavy atom. The summed E-state index contributed by atoms with van der Waals surface area (Å²) in [5, 5.41) is 2.86. The van der Waals surface area contributed by atoms with Crippen LogP contribution >= 0.6 is 0 Å². The van der Waals surface area contributed by atoms with E-state index in [2.05, 4.69) is 27.1 Å². The number of hydrogen-bond donors (Lipinski definition) is 1. The van der Waals surface area contributed by atoms with Crippen LogP contribution in [-0.4, -0.2) is 35.3 Å². The molecule has 1 atom stereocenters. The van der Waals surface area contributed by atoms with Crippen LogP contribution < -0.4 is 19.7 Å². The molecule has 2 aliphatic rings. The first-order chi connectivity index (χ1) is 12.7. The molecule has 4 rings (SSSR count). The van der Waals surface area contributed by atoms with Gasteiger partial charge in [0.25, 0.3) is 5.91 Å². The number of rotatable bonds is 4. The lowest BCUT2D eigenvalue weighted by atomic mass is 10.0. The van der Waals surface area contributed by atoms with E-state index in [1.165, 1.54) is 6.42 Å². The fraction of sp³-hybridized carbons (Fsp3) is 0.421. The molecule has 1 saturated heterocycles. The van der Waals surface area contributed by atoms with Crippen LogP contribution in [0.25, 0.3) is 0 Å². The van der Waals surface area contributed by atoms with Crippen molar-refractivity contribution >= 4 is 17.5 Å². The summed E-state index contributed by atoms with van der Waals surface area (Å²) < 4.78 is 10.6. The largest absolute Gasteiger partial charge is 0.454 e. The maximum atomic E-state index is 12.6. The number of piperidine rings is 1. The number of amides is 1. The Hall–Kier alpha value is -2.83. The molecule has 2 aliphatic heterocycles. The molecule has 1 aromatic heterocycles. The Bertz CT molecular complexity index is 811. The second-order valence-electron chi connectivity index (χ2n) is 6.52. The zero-order valence-corrected chi connectivity index (χ0v) is 14.8. The minimum absolute atomic E-state index is 0.205. The van der Waals surface area contributed by atoms with E-state index in [1.54, 1.807) is 30.5 Å². The van der Waals surface area contributed by atoms with Crippen molar-refractivity contribution in [3.05, 3.63) is 36.2 Å². The lowest BCUT2D eigenvalue weighted by Gasteiger charge is -2.35. The highest BCUT2D eigenvalue weighted by atomic mass is 16.7. The molecule has 7 nitrogen and oxygen atoms in total. The number of carbonyl (C=O) groups excluding carboxylic acids is 1. The molecule has 0 bridgehead atoms. The second-order valence-corrected chi connectivity index (χ2v) is 6.52. The predicted octanol–water partition coefficient (Wildman–Crippen LogP) is 3.23. The summed E-state index contributed by atoms with van der Waals surface area (Å²) in [4.78, 5) is 23.7. The molecule has 3 heterocycles. The van der Waals surface area contributed by atoms with Gasteiger partial charge in [0.1, 0.15) is 5.69 Å². The Labute approximate surface area is 152 Å². The Balaban J connectivity index is 1.51. The molecule has 26 heavy (non-hydrogen) atoms. The van der Waals surface area contributed by atoms with E-state index >= 15 is 0 Å². The number of nitrogens with one attached hydrogen (secondary N) is 1. The number of hydrogen-bond acceptors (Lipinski definition) is 6. The number of anilines is 2. The van der Waals surface area contributed by atoms with Crippen LogP contribution in [0.3, 0.4) is 0 Å². The molecule has 2 aromatic rings. The maximum absolute atomic E-state index is 12.6. The molecule has 0 radical (unpaired) electrons. The third-order valence-corrected chi connectivity index (χ3v) is 4.86. The van der Waals surface area contributed by atoms with Gasteiger partial charge >= 0.3 is 0 Å². The van der Waals surface area contributed by atoms with Gasteiger partial charge in [-0.3, -0.25) is 4.79 Å². The van der Waals surface area contributed by atoms with Crippen molar-refractivity contribution in [2.45, 2.75) is 38.6 Å². The molecule has 1 amide bonds. The van der Waals surface area contributed by atoms with Gasteiger partial charge in [0.15, 0.2) is 11.5 Å². The van der Waals surface area contributed by atoms with Crippen LogP contribution in [0.15, 0.2) is 30.5 Å². The highest BCUT2D eigenvalue weighted by molar-refractivity contribution is 6.03. The standard InChI is InChI=1S/C19H22N4O3/c1-2-14-5-3-4-10-23(14)19-20-9-8-15(22-19)18(24)21-13-6-7-16-17(11-13)26-12-25-16/h6-9,11,14H,2-5,10,12H2,1H3,(H,21,24). The molecule has 136 valence electrons. The Kier molecular flexibility index (Phi) is 4.60. The van der Waals surface area contributed by atoms with Crippen molar-refractivity contribution in [3.63, 3.8) is 0 Å². The van der Waals surface area contributed by atoms with Crippen LogP contribution in [0.1, 0.15) is 43.1 Å². The number of benzene rings is 1. The molecule has 1 unspecified atom stereocenters. The summed E-state index contributed by atoms with van der Waals surface area (Å²) in [7, 11) is 0. The maximum Gasteiger partial charge on any atom is 0.274 e. The van der Waals surface area contributed by atoms with Crippen molar-refractivity contribution in [2.24, 2.45) is 0 Å². The first kappa shape index (κ1) is 16.6. The predicted molar refractivity (Wildman–Crippen MR) is 97.8 cm³/mol. The quantitative estimate of drug-likeness (QED) is 0.908. The van der Waals surface area contributed by atoms with Gasteiger partial charge in [-0.15, -0.1) is 0 Å². The van der Waals surface area contributed by atoms with Gasteiger partial charge in [-0.2, -0.15) is 0 Å². The molecule has 0 aliphatic carbocycles. The van der Waals surface area contributed by atoms with Crippen molar-refractivity contribution < 1.29 is 14.3 Å². The van der Waals surface area contributed by atoms with Gasteiger partial charge in [-0.1, -0.05) is 6.92 Å². The lowest BCUT2D eigenvalue weighted by Crippen LogP contribution is -2.40. The van der Waals surface area contributed by atoms with Crippen molar-refractivity contribution in [1.29, 1.82) is 0 Å². The van der Waals surface area contributed by atoms with E-state index in [1.807, 2.05) is 0 Å². The number of carbonyl (C=O) groups is 1. The third kappa shape index (κ3) is 3.29. The summed E-state index contributed by atoms with van der Waals surface area (Å²) in [6.07, 6.45) is 6.22. The highest BCUT2D eigenvalue weighted by Crippen LogP contribution is 2.34. The molecule has 0 spiro atoms. The Morgan fingerprint density at radius 1 is 1.27 bits per heavy atom. The van der Waals surface area contributed by atoms with Crippen molar-refractivity contribution in [3.8, 4) is 11.5 Å². The zero-order chi connectivity index (χ0) is 17.9. The first-order valence-electron chi connectivity index (χ1n) is 9.05. The molecular formula is C19H22N4O3. The first-order valence-corrected chi connectivity index (χ1v) is 9.05. The van der Waals surface area contributed by atoms with Crippen molar-refractivity contribution in [2.75, 3.05) is 23.6 Å². The summed E-state index contributed by atoms with van der Waals surface area (Å²) >= 11 is 0. The number of fused-ring (bicyclic) bond motifs is 1. The summed E-state index contributed by atoms with van der Waals surface area (Å²) in [6, 6.07) is 7.39. The average molecular weight is 354 g/mol. The van der Waals surface area contributed by atoms with Crippen LogP contribution in [0.2, 0.25) is 0 Å². The third-order valence-electron chi connectivity index (χ3n) is 4.86. The van der Waals surface area contributed by atoms with Gasteiger partial charge in [-0.25, -0.2) is 9.97 Å². The topological polar surface area (TPSA) is 76.6 Å². The van der Waals surface area contributed by atoms with Gasteiger partial charge in [0.05, 0.1) is 0 Å². The molecule has 7 heteroatoms. The van der Waals surface area contributed by atoms with Gasteiger partial charge in [0.2, 0.25) is 12.7 Å². The van der Waals surface area contributed by atoms with Crippen LogP contribution in [-0.2, 0) is 0 Å². The van der Waals surface area contributed by atoms with E-state index in [9.17, 15) is 4.79 Å². The Morgan fingerprint density at radius 3 is 3.04 bits per heavy atom. The minimum Gasteiger partial charge on any atom is -0.454 e. The fourth-order valence-electron chi connectivity index (χ4n) is 3.47. The van der Waals surface area contributed by atoms with Crippen LogP contribution in [0.4, 0.5) is 11.6 Å². The summed E-state index contributed by atoms with van der Waals surface area (Å²) in [5.74, 6) is 1.68. The van der Waals surface area contributed by atoms with E-state index in [-0.39, 0.29) is 12.7 Å². The molecule has 1 aromatic carbocycles. The highest BCUT2D eigenvalue weighted by Gasteiger charge is 2.24. The molecule has 1 N–H and O–H groups in total. The average Bonchev–Trinajstić information content (AvgIpc) is 3.16. The van der Waals surface area contributed by atoms with Crippen molar-refractivity contribution in [1.82, 2.24) is 9.97 Å². The van der Waals surface area contributed by atoms with Crippen LogP contribution in [0.5, 0.6) is 11.5 Å². The van der Waals surface area contributed by atoms with Gasteiger partial charge in [0, 0.05) is 30.5 Å².